The summed E-state index contributed by atoms with van der Waals surface area (Å²) in [6, 6.07) is 48.2. The van der Waals surface area contributed by atoms with Gasteiger partial charge in [-0.05, 0) is 99.9 Å². The number of hydrogen-bond acceptors (Lipinski definition) is 1. The lowest BCUT2D eigenvalue weighted by atomic mass is 9.92. The molecule has 3 heterocycles. The average Bonchev–Trinajstić information content (AvgIpc) is 3.62. The minimum Gasteiger partial charge on any atom is -0.317 e. The SMILES string of the molecule is c1ccc(-n2ccc3cc4cc(-c5cccnc5)c5cc6c(cc5c4cc32)c2ccccc2n6-c2ccccc2)cc1. The molecule has 42 heavy (non-hydrogen) atoms. The molecular formula is C39H25N3. The third-order valence-electron chi connectivity index (χ3n) is 8.57. The Kier molecular flexibility index (Phi) is 4.90. The van der Waals surface area contributed by atoms with Crippen LogP contribution < -0.4 is 0 Å². The third kappa shape index (κ3) is 3.37. The van der Waals surface area contributed by atoms with Crippen molar-refractivity contribution in [3.63, 3.8) is 0 Å². The van der Waals surface area contributed by atoms with E-state index in [2.05, 4.69) is 148 Å². The van der Waals surface area contributed by atoms with Gasteiger partial charge in [0.15, 0.2) is 0 Å². The van der Waals surface area contributed by atoms with E-state index in [1.54, 1.807) is 0 Å². The van der Waals surface area contributed by atoms with Crippen molar-refractivity contribution in [3.8, 4) is 22.5 Å². The summed E-state index contributed by atoms with van der Waals surface area (Å²) in [5.74, 6) is 0. The maximum atomic E-state index is 4.49. The van der Waals surface area contributed by atoms with Crippen LogP contribution in [0, 0.1) is 0 Å². The van der Waals surface area contributed by atoms with E-state index in [1.165, 1.54) is 59.8 Å². The fourth-order valence-corrected chi connectivity index (χ4v) is 6.68. The molecule has 9 rings (SSSR count). The normalized spacial score (nSPS) is 11.8. The molecule has 0 aliphatic rings. The van der Waals surface area contributed by atoms with Crippen molar-refractivity contribution >= 4 is 54.3 Å². The number of fused-ring (bicyclic) bond motifs is 7. The molecule has 3 heteroatoms. The minimum atomic E-state index is 1.12. The highest BCUT2D eigenvalue weighted by atomic mass is 15.0. The summed E-state index contributed by atoms with van der Waals surface area (Å²) < 4.78 is 4.68. The van der Waals surface area contributed by atoms with Crippen molar-refractivity contribution in [2.75, 3.05) is 0 Å². The predicted octanol–water partition coefficient (Wildman–Crippen LogP) is 10.1. The molecule has 0 aliphatic carbocycles. The number of rotatable bonds is 3. The molecule has 0 aliphatic heterocycles. The van der Waals surface area contributed by atoms with Gasteiger partial charge in [-0.2, -0.15) is 0 Å². The van der Waals surface area contributed by atoms with Gasteiger partial charge in [-0.25, -0.2) is 0 Å². The van der Waals surface area contributed by atoms with Crippen molar-refractivity contribution in [3.05, 3.63) is 152 Å². The van der Waals surface area contributed by atoms with E-state index in [-0.39, 0.29) is 0 Å². The molecular weight excluding hydrogens is 510 g/mol. The minimum absolute atomic E-state index is 1.12. The molecule has 6 aromatic carbocycles. The van der Waals surface area contributed by atoms with Crippen molar-refractivity contribution < 1.29 is 0 Å². The Morgan fingerprint density at radius 2 is 1.21 bits per heavy atom. The van der Waals surface area contributed by atoms with E-state index < -0.39 is 0 Å². The van der Waals surface area contributed by atoms with Gasteiger partial charge in [-0.15, -0.1) is 0 Å². The summed E-state index contributed by atoms with van der Waals surface area (Å²) in [6.07, 6.45) is 5.99. The molecule has 0 saturated carbocycles. The summed E-state index contributed by atoms with van der Waals surface area (Å²) in [5.41, 5.74) is 8.25. The van der Waals surface area contributed by atoms with Crippen molar-refractivity contribution in [1.29, 1.82) is 0 Å². The molecule has 0 fully saturated rings. The molecule has 196 valence electrons. The van der Waals surface area contributed by atoms with Gasteiger partial charge in [-0.1, -0.05) is 60.7 Å². The van der Waals surface area contributed by atoms with Crippen LogP contribution in [0.5, 0.6) is 0 Å². The van der Waals surface area contributed by atoms with Gasteiger partial charge >= 0.3 is 0 Å². The molecule has 3 nitrogen and oxygen atoms in total. The second-order valence-corrected chi connectivity index (χ2v) is 10.9. The zero-order valence-corrected chi connectivity index (χ0v) is 22.8. The van der Waals surface area contributed by atoms with Crippen LogP contribution in [0.2, 0.25) is 0 Å². The topological polar surface area (TPSA) is 22.8 Å². The summed E-state index contributed by atoms with van der Waals surface area (Å²) in [4.78, 5) is 4.49. The Labute approximate surface area is 242 Å². The third-order valence-corrected chi connectivity index (χ3v) is 8.57. The van der Waals surface area contributed by atoms with Gasteiger partial charge < -0.3 is 9.13 Å². The van der Waals surface area contributed by atoms with Crippen molar-refractivity contribution in [1.82, 2.24) is 14.1 Å². The molecule has 0 spiro atoms. The van der Waals surface area contributed by atoms with Crippen LogP contribution in [0.15, 0.2) is 152 Å². The Hall–Kier alpha value is -5.67. The Morgan fingerprint density at radius 1 is 0.452 bits per heavy atom. The predicted molar refractivity (Wildman–Crippen MR) is 176 cm³/mol. The number of para-hydroxylation sites is 3. The van der Waals surface area contributed by atoms with Gasteiger partial charge in [0.25, 0.3) is 0 Å². The van der Waals surface area contributed by atoms with Gasteiger partial charge in [-0.3, -0.25) is 4.98 Å². The number of benzene rings is 6. The molecule has 3 aromatic heterocycles. The largest absolute Gasteiger partial charge is 0.317 e. The zero-order chi connectivity index (χ0) is 27.6. The molecule has 0 amide bonds. The summed E-state index contributed by atoms with van der Waals surface area (Å²) in [7, 11) is 0. The van der Waals surface area contributed by atoms with E-state index >= 15 is 0 Å². The number of pyridine rings is 1. The maximum absolute atomic E-state index is 4.49. The van der Waals surface area contributed by atoms with Gasteiger partial charge in [0, 0.05) is 51.7 Å². The van der Waals surface area contributed by atoms with E-state index in [9.17, 15) is 0 Å². The Bertz CT molecular complexity index is 2430. The lowest BCUT2D eigenvalue weighted by molar-refractivity contribution is 1.13. The van der Waals surface area contributed by atoms with Crippen LogP contribution in [0.3, 0.4) is 0 Å². The molecule has 0 unspecified atom stereocenters. The average molecular weight is 536 g/mol. The highest BCUT2D eigenvalue weighted by molar-refractivity contribution is 6.22. The van der Waals surface area contributed by atoms with Crippen LogP contribution in [-0.4, -0.2) is 14.1 Å². The number of nitrogens with zero attached hydrogens (tertiary/aromatic N) is 3. The number of aromatic nitrogens is 3. The molecule has 0 N–H and O–H groups in total. The van der Waals surface area contributed by atoms with E-state index in [4.69, 9.17) is 0 Å². The fourth-order valence-electron chi connectivity index (χ4n) is 6.68. The van der Waals surface area contributed by atoms with Crippen LogP contribution >= 0.6 is 0 Å². The zero-order valence-electron chi connectivity index (χ0n) is 22.8. The van der Waals surface area contributed by atoms with E-state index in [1.807, 2.05) is 18.5 Å². The molecule has 0 atom stereocenters. The first kappa shape index (κ1) is 23.1. The molecule has 0 saturated heterocycles. The standard InChI is InChI=1S/C39H25N3/c1-3-11-29(12-4-1)41-19-17-26-20-28-21-32(27-10-9-18-40-25-27)35-24-39-36(22-34(35)33(28)23-38(26)41)31-15-7-8-16-37(31)42(39)30-13-5-2-6-14-30/h1-25H. The lowest BCUT2D eigenvalue weighted by Crippen LogP contribution is -1.94. The summed E-state index contributed by atoms with van der Waals surface area (Å²) in [5, 5.41) is 8.68. The summed E-state index contributed by atoms with van der Waals surface area (Å²) >= 11 is 0. The molecule has 0 radical (unpaired) electrons. The van der Waals surface area contributed by atoms with Gasteiger partial charge in [0.1, 0.15) is 0 Å². The van der Waals surface area contributed by atoms with Crippen LogP contribution in [0.4, 0.5) is 0 Å². The number of hydrogen-bond donors (Lipinski definition) is 0. The van der Waals surface area contributed by atoms with Gasteiger partial charge in [0.2, 0.25) is 0 Å². The first-order chi connectivity index (χ1) is 20.8. The lowest BCUT2D eigenvalue weighted by Gasteiger charge is -2.14. The second-order valence-electron chi connectivity index (χ2n) is 10.9. The highest BCUT2D eigenvalue weighted by Gasteiger charge is 2.17. The van der Waals surface area contributed by atoms with Gasteiger partial charge in [0.05, 0.1) is 16.6 Å². The van der Waals surface area contributed by atoms with E-state index in [0.29, 0.717) is 0 Å². The highest BCUT2D eigenvalue weighted by Crippen LogP contribution is 2.42. The molecule has 0 bridgehead atoms. The fraction of sp³-hybridized carbons (Fsp3) is 0. The first-order valence-corrected chi connectivity index (χ1v) is 14.3. The molecule has 9 aromatic rings. The smallest absolute Gasteiger partial charge is 0.0547 e. The van der Waals surface area contributed by atoms with E-state index in [0.717, 1.165) is 16.9 Å². The quantitative estimate of drug-likeness (QED) is 0.206. The monoisotopic (exact) mass is 535 g/mol. The van der Waals surface area contributed by atoms with Crippen LogP contribution in [-0.2, 0) is 0 Å². The maximum Gasteiger partial charge on any atom is 0.0547 e. The second kappa shape index (κ2) is 8.92. The summed E-state index contributed by atoms with van der Waals surface area (Å²) in [6.45, 7) is 0. The van der Waals surface area contributed by atoms with Crippen LogP contribution in [0.25, 0.3) is 76.8 Å². The Balaban J connectivity index is 1.46. The first-order valence-electron chi connectivity index (χ1n) is 14.3. The Morgan fingerprint density at radius 3 is 2.02 bits per heavy atom. The van der Waals surface area contributed by atoms with Crippen molar-refractivity contribution in [2.45, 2.75) is 0 Å². The van der Waals surface area contributed by atoms with Crippen LogP contribution in [0.1, 0.15) is 0 Å². The van der Waals surface area contributed by atoms with Crippen molar-refractivity contribution in [2.24, 2.45) is 0 Å².